The number of aliphatic hydroxyl groups is 3. The van der Waals surface area contributed by atoms with E-state index in [1.807, 2.05) is 6.07 Å². The van der Waals surface area contributed by atoms with Crippen molar-refractivity contribution in [3.63, 3.8) is 0 Å². The van der Waals surface area contributed by atoms with E-state index in [9.17, 15) is 10.2 Å². The van der Waals surface area contributed by atoms with Crippen molar-refractivity contribution in [2.24, 2.45) is 0 Å². The predicted molar refractivity (Wildman–Crippen MR) is 61.4 cm³/mol. The summed E-state index contributed by atoms with van der Waals surface area (Å²) >= 11 is 6.02. The molecule has 1 heterocycles. The summed E-state index contributed by atoms with van der Waals surface area (Å²) in [6.07, 6.45) is -0.783. The monoisotopic (exact) mass is 241 g/mol. The molecule has 2 rings (SSSR count). The van der Waals surface area contributed by atoms with Crippen LogP contribution in [0.25, 0.3) is 10.9 Å². The minimum atomic E-state index is -1.21. The highest BCUT2D eigenvalue weighted by Gasteiger charge is 2.21. The first-order chi connectivity index (χ1) is 7.65. The molecule has 0 radical (unpaired) electrons. The second kappa shape index (κ2) is 4.43. The van der Waals surface area contributed by atoms with Crippen LogP contribution in [0, 0.1) is 0 Å². The Labute approximate surface area is 97.1 Å². The van der Waals surface area contributed by atoms with E-state index in [0.717, 1.165) is 5.52 Å². The Bertz CT molecular complexity index is 497. The molecule has 16 heavy (non-hydrogen) atoms. The van der Waals surface area contributed by atoms with Crippen LogP contribution in [0.3, 0.4) is 0 Å². The summed E-state index contributed by atoms with van der Waals surface area (Å²) in [4.78, 5) is 2.95. The molecule has 0 bridgehead atoms. The molecular formula is C11H12ClNO3. The first-order valence-corrected chi connectivity index (χ1v) is 5.25. The Hall–Kier alpha value is -1.07. The van der Waals surface area contributed by atoms with E-state index in [1.165, 1.54) is 0 Å². The summed E-state index contributed by atoms with van der Waals surface area (Å²) in [6.45, 7) is -0.502. The average molecular weight is 242 g/mol. The number of halogens is 1. The average Bonchev–Trinajstić information content (AvgIpc) is 2.72. The van der Waals surface area contributed by atoms with Crippen LogP contribution in [-0.2, 0) is 0 Å². The zero-order valence-electron chi connectivity index (χ0n) is 8.39. The lowest BCUT2D eigenvalue weighted by atomic mass is 10.0. The summed E-state index contributed by atoms with van der Waals surface area (Å²) in [6, 6.07) is 5.32. The molecule has 0 fully saturated rings. The van der Waals surface area contributed by atoms with Gasteiger partial charge in [0, 0.05) is 22.7 Å². The van der Waals surface area contributed by atoms with E-state index in [4.69, 9.17) is 16.7 Å². The third-order valence-corrected chi connectivity index (χ3v) is 2.87. The number of hydrogen-bond acceptors (Lipinski definition) is 3. The van der Waals surface area contributed by atoms with Gasteiger partial charge < -0.3 is 20.3 Å². The lowest BCUT2D eigenvalue weighted by molar-refractivity contribution is -0.0145. The Morgan fingerprint density at radius 1 is 1.31 bits per heavy atom. The normalized spacial score (nSPS) is 15.2. The van der Waals surface area contributed by atoms with Gasteiger partial charge >= 0.3 is 0 Å². The third-order valence-electron chi connectivity index (χ3n) is 2.56. The first kappa shape index (κ1) is 11.4. The van der Waals surface area contributed by atoms with Gasteiger partial charge in [-0.2, -0.15) is 0 Å². The van der Waals surface area contributed by atoms with Gasteiger partial charge in [0.05, 0.1) is 11.6 Å². The fraction of sp³-hybridized carbons (Fsp3) is 0.273. The molecule has 0 aliphatic carbocycles. The van der Waals surface area contributed by atoms with Crippen LogP contribution in [-0.4, -0.2) is 33.0 Å². The van der Waals surface area contributed by atoms with Crippen LogP contribution in [0.2, 0.25) is 5.02 Å². The number of H-pyrrole nitrogens is 1. The van der Waals surface area contributed by atoms with Crippen molar-refractivity contribution in [2.75, 3.05) is 6.61 Å². The highest BCUT2D eigenvalue weighted by molar-refractivity contribution is 6.35. The van der Waals surface area contributed by atoms with Crippen molar-refractivity contribution in [1.29, 1.82) is 0 Å². The maximum absolute atomic E-state index is 9.81. The highest BCUT2D eigenvalue weighted by atomic mass is 35.5. The zero-order valence-corrected chi connectivity index (χ0v) is 9.15. The van der Waals surface area contributed by atoms with Gasteiger partial charge in [0.2, 0.25) is 0 Å². The van der Waals surface area contributed by atoms with Gasteiger partial charge in [-0.25, -0.2) is 0 Å². The van der Waals surface area contributed by atoms with Gasteiger partial charge in [0.15, 0.2) is 0 Å². The molecule has 2 unspecified atom stereocenters. The molecule has 86 valence electrons. The number of aromatic amines is 1. The lowest BCUT2D eigenvalue weighted by Crippen LogP contribution is -2.21. The molecule has 0 aliphatic heterocycles. The van der Waals surface area contributed by atoms with Crippen LogP contribution < -0.4 is 0 Å². The number of rotatable bonds is 3. The number of hydrogen-bond donors (Lipinski definition) is 4. The highest BCUT2D eigenvalue weighted by Crippen LogP contribution is 2.31. The van der Waals surface area contributed by atoms with Crippen molar-refractivity contribution in [2.45, 2.75) is 12.2 Å². The fourth-order valence-corrected chi connectivity index (χ4v) is 1.99. The number of nitrogens with one attached hydrogen (secondary N) is 1. The topological polar surface area (TPSA) is 76.5 Å². The van der Waals surface area contributed by atoms with Gasteiger partial charge in [-0.3, -0.25) is 0 Å². The SMILES string of the molecule is OCC(O)C(O)c1c[nH]c2cccc(Cl)c12. The van der Waals surface area contributed by atoms with E-state index in [2.05, 4.69) is 4.98 Å². The van der Waals surface area contributed by atoms with Crippen LogP contribution in [0.4, 0.5) is 0 Å². The smallest absolute Gasteiger partial charge is 0.109 e. The Kier molecular flexibility index (Phi) is 3.16. The molecular weight excluding hydrogens is 230 g/mol. The quantitative estimate of drug-likeness (QED) is 0.652. The number of benzene rings is 1. The second-order valence-electron chi connectivity index (χ2n) is 3.60. The summed E-state index contributed by atoms with van der Waals surface area (Å²) in [5.41, 5.74) is 1.27. The number of aromatic nitrogens is 1. The summed E-state index contributed by atoms with van der Waals surface area (Å²) in [5, 5.41) is 29.2. The van der Waals surface area contributed by atoms with Crippen LogP contribution >= 0.6 is 11.6 Å². The number of aliphatic hydroxyl groups excluding tert-OH is 3. The van der Waals surface area contributed by atoms with E-state index < -0.39 is 18.8 Å². The van der Waals surface area contributed by atoms with Crippen molar-refractivity contribution >= 4 is 22.5 Å². The maximum Gasteiger partial charge on any atom is 0.109 e. The molecule has 0 spiro atoms. The fourth-order valence-electron chi connectivity index (χ4n) is 1.71. The molecule has 1 aromatic heterocycles. The lowest BCUT2D eigenvalue weighted by Gasteiger charge is -2.15. The van der Waals surface area contributed by atoms with Crippen LogP contribution in [0.5, 0.6) is 0 Å². The molecule has 2 aromatic rings. The van der Waals surface area contributed by atoms with Crippen molar-refractivity contribution in [3.05, 3.63) is 35.0 Å². The molecule has 0 saturated heterocycles. The molecule has 0 aliphatic rings. The third kappa shape index (κ3) is 1.81. The Morgan fingerprint density at radius 3 is 2.75 bits per heavy atom. The Morgan fingerprint density at radius 2 is 2.06 bits per heavy atom. The van der Waals surface area contributed by atoms with Crippen molar-refractivity contribution < 1.29 is 15.3 Å². The van der Waals surface area contributed by atoms with Gasteiger partial charge in [-0.1, -0.05) is 17.7 Å². The van der Waals surface area contributed by atoms with Gasteiger partial charge in [0.25, 0.3) is 0 Å². The molecule has 4 nitrogen and oxygen atoms in total. The minimum Gasteiger partial charge on any atom is -0.394 e. The number of fused-ring (bicyclic) bond motifs is 1. The zero-order chi connectivity index (χ0) is 11.7. The summed E-state index contributed by atoms with van der Waals surface area (Å²) in [5.74, 6) is 0. The van der Waals surface area contributed by atoms with Gasteiger partial charge in [-0.05, 0) is 12.1 Å². The minimum absolute atomic E-state index is 0.488. The maximum atomic E-state index is 9.81. The predicted octanol–water partition coefficient (Wildman–Crippen LogP) is 1.21. The molecule has 0 saturated carbocycles. The van der Waals surface area contributed by atoms with Gasteiger partial charge in [-0.15, -0.1) is 0 Å². The largest absolute Gasteiger partial charge is 0.394 e. The van der Waals surface area contributed by atoms with E-state index >= 15 is 0 Å². The standard InChI is InChI=1S/C11H12ClNO3/c12-7-2-1-3-8-10(7)6(4-13-8)11(16)9(15)5-14/h1-4,9,11,13-16H,5H2. The molecule has 1 aromatic carbocycles. The summed E-state index contributed by atoms with van der Waals surface area (Å²) < 4.78 is 0. The molecule has 0 amide bonds. The molecule has 2 atom stereocenters. The second-order valence-corrected chi connectivity index (χ2v) is 4.01. The van der Waals surface area contributed by atoms with E-state index in [-0.39, 0.29) is 0 Å². The van der Waals surface area contributed by atoms with Crippen molar-refractivity contribution in [3.8, 4) is 0 Å². The molecule has 5 heteroatoms. The van der Waals surface area contributed by atoms with Crippen LogP contribution in [0.1, 0.15) is 11.7 Å². The van der Waals surface area contributed by atoms with E-state index in [1.54, 1.807) is 18.3 Å². The van der Waals surface area contributed by atoms with E-state index in [0.29, 0.717) is 16.0 Å². The molecule has 4 N–H and O–H groups in total. The first-order valence-electron chi connectivity index (χ1n) is 4.87. The summed E-state index contributed by atoms with van der Waals surface area (Å²) in [7, 11) is 0. The van der Waals surface area contributed by atoms with Crippen LogP contribution in [0.15, 0.2) is 24.4 Å². The Balaban J connectivity index is 2.53. The van der Waals surface area contributed by atoms with Crippen molar-refractivity contribution in [1.82, 2.24) is 4.98 Å². The van der Waals surface area contributed by atoms with Gasteiger partial charge in [0.1, 0.15) is 12.2 Å².